The highest BCUT2D eigenvalue weighted by Crippen LogP contribution is 2.18. The van der Waals surface area contributed by atoms with Crippen molar-refractivity contribution in [2.75, 3.05) is 31.8 Å². The van der Waals surface area contributed by atoms with Crippen LogP contribution in [-0.4, -0.2) is 41.5 Å². The molecule has 0 saturated carbocycles. The summed E-state index contributed by atoms with van der Waals surface area (Å²) in [6.07, 6.45) is 2.90. The molecule has 0 radical (unpaired) electrons. The summed E-state index contributed by atoms with van der Waals surface area (Å²) in [6.45, 7) is 7.04. The average molecular weight is 271 g/mol. The first-order valence-electron chi connectivity index (χ1n) is 6.65. The number of methoxy groups -OCH3 is 1. The Morgan fingerprint density at radius 2 is 2.33 bits per heavy atom. The van der Waals surface area contributed by atoms with Crippen LogP contribution in [0, 0.1) is 0 Å². The third-order valence-corrected chi connectivity index (χ3v) is 3.74. The first-order chi connectivity index (χ1) is 8.83. The summed E-state index contributed by atoms with van der Waals surface area (Å²) in [7, 11) is 1.74. The van der Waals surface area contributed by atoms with Crippen molar-refractivity contribution in [1.82, 2.24) is 15.1 Å². The summed E-state index contributed by atoms with van der Waals surface area (Å²) >= 11 is 1.96. The molecule has 1 aromatic heterocycles. The molecule has 1 aromatic rings. The fourth-order valence-corrected chi connectivity index (χ4v) is 2.68. The Morgan fingerprint density at radius 3 is 3.00 bits per heavy atom. The van der Waals surface area contributed by atoms with E-state index in [4.69, 9.17) is 4.74 Å². The van der Waals surface area contributed by atoms with E-state index in [9.17, 15) is 0 Å². The Labute approximate surface area is 114 Å². The molecule has 0 amide bonds. The van der Waals surface area contributed by atoms with E-state index in [2.05, 4.69) is 35.0 Å². The van der Waals surface area contributed by atoms with Crippen molar-refractivity contribution < 1.29 is 4.74 Å². The highest BCUT2D eigenvalue weighted by molar-refractivity contribution is 7.99. The van der Waals surface area contributed by atoms with Crippen LogP contribution in [0.1, 0.15) is 32.0 Å². The van der Waals surface area contributed by atoms with Crippen LogP contribution < -0.4 is 5.32 Å². The SMILES string of the molecule is CCNC(CSCC)c1ccnn1CCCOC. The van der Waals surface area contributed by atoms with Gasteiger partial charge in [0, 0.05) is 32.2 Å². The van der Waals surface area contributed by atoms with Gasteiger partial charge in [0.05, 0.1) is 11.7 Å². The first kappa shape index (κ1) is 15.5. The molecular weight excluding hydrogens is 246 g/mol. The molecule has 0 saturated heterocycles. The number of hydrogen-bond acceptors (Lipinski definition) is 4. The van der Waals surface area contributed by atoms with Gasteiger partial charge in [-0.15, -0.1) is 0 Å². The predicted octanol–water partition coefficient (Wildman–Crippen LogP) is 2.32. The molecule has 0 aromatic carbocycles. The lowest BCUT2D eigenvalue weighted by atomic mass is 10.2. The highest BCUT2D eigenvalue weighted by atomic mass is 32.2. The largest absolute Gasteiger partial charge is 0.385 e. The van der Waals surface area contributed by atoms with Crippen LogP contribution >= 0.6 is 11.8 Å². The van der Waals surface area contributed by atoms with Gasteiger partial charge in [0.15, 0.2) is 0 Å². The zero-order valence-electron chi connectivity index (χ0n) is 11.7. The third kappa shape index (κ3) is 5.00. The molecule has 0 bridgehead atoms. The van der Waals surface area contributed by atoms with Crippen LogP contribution in [0.5, 0.6) is 0 Å². The molecule has 0 aliphatic carbocycles. The van der Waals surface area contributed by atoms with Gasteiger partial charge in [0.2, 0.25) is 0 Å². The molecule has 104 valence electrons. The lowest BCUT2D eigenvalue weighted by Crippen LogP contribution is -2.26. The lowest BCUT2D eigenvalue weighted by molar-refractivity contribution is 0.188. The minimum atomic E-state index is 0.394. The van der Waals surface area contributed by atoms with E-state index in [1.165, 1.54) is 5.69 Å². The van der Waals surface area contributed by atoms with Gasteiger partial charge in [0.1, 0.15) is 0 Å². The smallest absolute Gasteiger partial charge is 0.0583 e. The predicted molar refractivity (Wildman–Crippen MR) is 78.1 cm³/mol. The maximum absolute atomic E-state index is 5.09. The van der Waals surface area contributed by atoms with E-state index in [1.807, 2.05) is 18.0 Å². The lowest BCUT2D eigenvalue weighted by Gasteiger charge is -2.19. The van der Waals surface area contributed by atoms with Crippen molar-refractivity contribution in [2.45, 2.75) is 32.9 Å². The molecule has 0 spiro atoms. The van der Waals surface area contributed by atoms with E-state index in [0.717, 1.165) is 37.6 Å². The van der Waals surface area contributed by atoms with Crippen LogP contribution in [0.2, 0.25) is 0 Å². The number of ether oxygens (including phenoxy) is 1. The maximum Gasteiger partial charge on any atom is 0.0583 e. The van der Waals surface area contributed by atoms with Crippen molar-refractivity contribution in [1.29, 1.82) is 0 Å². The molecule has 5 heteroatoms. The fraction of sp³-hybridized carbons (Fsp3) is 0.769. The van der Waals surface area contributed by atoms with Gasteiger partial charge in [-0.3, -0.25) is 4.68 Å². The average Bonchev–Trinajstić information content (AvgIpc) is 2.83. The van der Waals surface area contributed by atoms with E-state index in [0.29, 0.717) is 6.04 Å². The van der Waals surface area contributed by atoms with Gasteiger partial charge in [-0.2, -0.15) is 16.9 Å². The molecule has 0 fully saturated rings. The quantitative estimate of drug-likeness (QED) is 0.663. The van der Waals surface area contributed by atoms with Crippen molar-refractivity contribution in [3.63, 3.8) is 0 Å². The number of aryl methyl sites for hydroxylation is 1. The first-order valence-corrected chi connectivity index (χ1v) is 7.80. The summed E-state index contributed by atoms with van der Waals surface area (Å²) in [5, 5.41) is 7.95. The van der Waals surface area contributed by atoms with E-state index in [1.54, 1.807) is 7.11 Å². The van der Waals surface area contributed by atoms with Gasteiger partial charge in [0.25, 0.3) is 0 Å². The third-order valence-electron chi connectivity index (χ3n) is 2.76. The standard InChI is InChI=1S/C13H25N3OS/c1-4-14-12(11-18-5-2)13-7-8-15-16(13)9-6-10-17-3/h7-8,12,14H,4-6,9-11H2,1-3H3. The second-order valence-corrected chi connectivity index (χ2v) is 5.41. The Balaban J connectivity index is 2.62. The highest BCUT2D eigenvalue weighted by Gasteiger charge is 2.14. The maximum atomic E-state index is 5.09. The second-order valence-electron chi connectivity index (χ2n) is 4.10. The minimum absolute atomic E-state index is 0.394. The Morgan fingerprint density at radius 1 is 1.50 bits per heavy atom. The van der Waals surface area contributed by atoms with Crippen LogP contribution in [0.3, 0.4) is 0 Å². The van der Waals surface area contributed by atoms with Crippen molar-refractivity contribution in [2.24, 2.45) is 0 Å². The van der Waals surface area contributed by atoms with Crippen molar-refractivity contribution in [3.8, 4) is 0 Å². The van der Waals surface area contributed by atoms with Gasteiger partial charge in [-0.25, -0.2) is 0 Å². The molecule has 18 heavy (non-hydrogen) atoms. The molecule has 1 heterocycles. The van der Waals surface area contributed by atoms with Gasteiger partial charge in [-0.1, -0.05) is 13.8 Å². The van der Waals surface area contributed by atoms with Crippen molar-refractivity contribution >= 4 is 11.8 Å². The van der Waals surface area contributed by atoms with Crippen LogP contribution in [0.15, 0.2) is 12.3 Å². The number of hydrogen-bond donors (Lipinski definition) is 1. The monoisotopic (exact) mass is 271 g/mol. The number of nitrogens with zero attached hydrogens (tertiary/aromatic N) is 2. The summed E-state index contributed by atoms with van der Waals surface area (Å²) in [5.41, 5.74) is 1.29. The van der Waals surface area contributed by atoms with Gasteiger partial charge < -0.3 is 10.1 Å². The summed E-state index contributed by atoms with van der Waals surface area (Å²) in [5.74, 6) is 2.25. The molecule has 4 nitrogen and oxygen atoms in total. The van der Waals surface area contributed by atoms with Gasteiger partial charge in [-0.05, 0) is 24.8 Å². The van der Waals surface area contributed by atoms with Gasteiger partial charge >= 0.3 is 0 Å². The number of aromatic nitrogens is 2. The van der Waals surface area contributed by atoms with Crippen molar-refractivity contribution in [3.05, 3.63) is 18.0 Å². The molecule has 0 aliphatic heterocycles. The molecule has 1 atom stereocenters. The van der Waals surface area contributed by atoms with Crippen LogP contribution in [0.25, 0.3) is 0 Å². The Bertz CT molecular complexity index is 317. The Kier molecular flexibility index (Phi) is 8.13. The van der Waals surface area contributed by atoms with Crippen LogP contribution in [-0.2, 0) is 11.3 Å². The van der Waals surface area contributed by atoms with E-state index in [-0.39, 0.29) is 0 Å². The second kappa shape index (κ2) is 9.42. The fourth-order valence-electron chi connectivity index (χ4n) is 1.92. The topological polar surface area (TPSA) is 39.1 Å². The number of nitrogens with one attached hydrogen (secondary N) is 1. The molecular formula is C13H25N3OS. The Hall–Kier alpha value is -0.520. The normalized spacial score (nSPS) is 12.8. The number of rotatable bonds is 10. The minimum Gasteiger partial charge on any atom is -0.385 e. The zero-order valence-corrected chi connectivity index (χ0v) is 12.5. The molecule has 0 aliphatic rings. The molecule has 1 N–H and O–H groups in total. The molecule has 1 rings (SSSR count). The molecule has 1 unspecified atom stereocenters. The number of thioether (sulfide) groups is 1. The van der Waals surface area contributed by atoms with E-state index >= 15 is 0 Å². The van der Waals surface area contributed by atoms with E-state index < -0.39 is 0 Å². The summed E-state index contributed by atoms with van der Waals surface area (Å²) < 4.78 is 7.19. The summed E-state index contributed by atoms with van der Waals surface area (Å²) in [4.78, 5) is 0. The zero-order chi connectivity index (χ0) is 13.2. The van der Waals surface area contributed by atoms with Crippen LogP contribution in [0.4, 0.5) is 0 Å². The summed E-state index contributed by atoms with van der Waals surface area (Å²) in [6, 6.07) is 2.51.